The molecule has 0 saturated heterocycles. The van der Waals surface area contributed by atoms with Crippen LogP contribution in [0.3, 0.4) is 0 Å². The van der Waals surface area contributed by atoms with Gasteiger partial charge in [-0.1, -0.05) is 6.58 Å². The zero-order chi connectivity index (χ0) is 14.3. The quantitative estimate of drug-likeness (QED) is 0.541. The van der Waals surface area contributed by atoms with Gasteiger partial charge >= 0.3 is 12.1 Å². The summed E-state index contributed by atoms with van der Waals surface area (Å²) in [6.07, 6.45) is -0.718. The predicted octanol–water partition coefficient (Wildman–Crippen LogP) is 2.84. The number of ether oxygens (including phenoxy) is 3. The van der Waals surface area contributed by atoms with Gasteiger partial charge in [-0.3, -0.25) is 0 Å². The van der Waals surface area contributed by atoms with Crippen molar-refractivity contribution in [1.82, 2.24) is 0 Å². The maximum atomic E-state index is 11.3. The predicted molar refractivity (Wildman–Crippen MR) is 67.2 cm³/mol. The molecule has 0 aliphatic heterocycles. The van der Waals surface area contributed by atoms with Crippen LogP contribution in [0.25, 0.3) is 0 Å². The van der Waals surface area contributed by atoms with Crippen molar-refractivity contribution in [2.45, 2.75) is 52.7 Å². The molecule has 0 aromatic carbocycles. The van der Waals surface area contributed by atoms with Crippen LogP contribution in [0.2, 0.25) is 0 Å². The molecule has 0 aromatic heterocycles. The van der Waals surface area contributed by atoms with E-state index in [1.165, 1.54) is 0 Å². The van der Waals surface area contributed by atoms with E-state index < -0.39 is 17.7 Å². The van der Waals surface area contributed by atoms with Gasteiger partial charge in [0.1, 0.15) is 11.7 Å². The SMILES string of the molecule is C=C(C)C(=O)OC(C)CC(C)(C)OC(=O)OCC. The first-order valence-corrected chi connectivity index (χ1v) is 5.90. The van der Waals surface area contributed by atoms with Crippen molar-refractivity contribution in [3.05, 3.63) is 12.2 Å². The number of esters is 1. The van der Waals surface area contributed by atoms with Gasteiger partial charge < -0.3 is 14.2 Å². The minimum Gasteiger partial charge on any atom is -0.459 e. The highest BCUT2D eigenvalue weighted by Crippen LogP contribution is 2.19. The average molecular weight is 258 g/mol. The summed E-state index contributed by atoms with van der Waals surface area (Å²) in [5.41, 5.74) is -0.424. The van der Waals surface area contributed by atoms with Gasteiger partial charge in [-0.05, 0) is 34.6 Å². The van der Waals surface area contributed by atoms with Gasteiger partial charge in [0.2, 0.25) is 0 Å². The van der Waals surface area contributed by atoms with Crippen molar-refractivity contribution in [3.8, 4) is 0 Å². The van der Waals surface area contributed by atoms with Gasteiger partial charge in [-0.15, -0.1) is 0 Å². The summed E-state index contributed by atoms with van der Waals surface area (Å²) in [6.45, 7) is 12.2. The number of carbonyl (C=O) groups is 2. The summed E-state index contributed by atoms with van der Waals surface area (Å²) in [6, 6.07) is 0. The Morgan fingerprint density at radius 3 is 2.33 bits per heavy atom. The zero-order valence-electron chi connectivity index (χ0n) is 11.7. The molecule has 5 heteroatoms. The third kappa shape index (κ3) is 6.93. The van der Waals surface area contributed by atoms with Crippen LogP contribution in [0.5, 0.6) is 0 Å². The first kappa shape index (κ1) is 16.5. The van der Waals surface area contributed by atoms with E-state index in [9.17, 15) is 9.59 Å². The Morgan fingerprint density at radius 1 is 1.33 bits per heavy atom. The molecule has 0 heterocycles. The van der Waals surface area contributed by atoms with Crippen LogP contribution in [0, 0.1) is 0 Å². The zero-order valence-corrected chi connectivity index (χ0v) is 11.7. The monoisotopic (exact) mass is 258 g/mol. The minimum absolute atomic E-state index is 0.259. The minimum atomic E-state index is -0.763. The molecule has 0 aliphatic carbocycles. The maximum absolute atomic E-state index is 11.3. The molecule has 18 heavy (non-hydrogen) atoms. The van der Waals surface area contributed by atoms with Crippen LogP contribution in [0.4, 0.5) is 4.79 Å². The molecule has 5 nitrogen and oxygen atoms in total. The van der Waals surface area contributed by atoms with Gasteiger partial charge in [0.15, 0.2) is 0 Å². The second-order valence-electron chi connectivity index (χ2n) is 4.75. The number of carbonyl (C=O) groups excluding carboxylic acids is 2. The molecular weight excluding hydrogens is 236 g/mol. The normalized spacial score (nSPS) is 12.5. The highest BCUT2D eigenvalue weighted by molar-refractivity contribution is 5.87. The summed E-state index contributed by atoms with van der Waals surface area (Å²) in [5, 5.41) is 0. The highest BCUT2D eigenvalue weighted by atomic mass is 16.7. The standard InChI is InChI=1S/C13H22O5/c1-7-16-12(15)18-13(5,6)8-10(4)17-11(14)9(2)3/h10H,2,7-8H2,1,3-6H3. The molecule has 0 saturated carbocycles. The lowest BCUT2D eigenvalue weighted by Gasteiger charge is -2.27. The smallest absolute Gasteiger partial charge is 0.459 e. The highest BCUT2D eigenvalue weighted by Gasteiger charge is 2.28. The molecule has 0 aliphatic rings. The Kier molecular flexibility index (Phi) is 6.44. The fourth-order valence-electron chi connectivity index (χ4n) is 1.43. The Bertz CT molecular complexity index is 319. The molecular formula is C13H22O5. The van der Waals surface area contributed by atoms with Crippen LogP contribution in [0.15, 0.2) is 12.2 Å². The topological polar surface area (TPSA) is 61.8 Å². The Labute approximate surface area is 108 Å². The first-order valence-electron chi connectivity index (χ1n) is 5.90. The fraction of sp³-hybridized carbons (Fsp3) is 0.692. The van der Waals surface area contributed by atoms with Crippen LogP contribution in [-0.4, -0.2) is 30.4 Å². The summed E-state index contributed by atoms with van der Waals surface area (Å²) < 4.78 is 14.9. The lowest BCUT2D eigenvalue weighted by atomic mass is 10.0. The third-order valence-electron chi connectivity index (χ3n) is 2.06. The molecule has 0 aromatic rings. The largest absolute Gasteiger partial charge is 0.508 e. The average Bonchev–Trinajstić information content (AvgIpc) is 2.14. The summed E-state index contributed by atoms with van der Waals surface area (Å²) >= 11 is 0. The molecule has 1 atom stereocenters. The van der Waals surface area contributed by atoms with E-state index in [4.69, 9.17) is 14.2 Å². The molecule has 0 amide bonds. The van der Waals surface area contributed by atoms with Crippen LogP contribution < -0.4 is 0 Å². The molecule has 0 radical (unpaired) electrons. The van der Waals surface area contributed by atoms with Gasteiger partial charge in [0.05, 0.1) is 6.61 Å². The van der Waals surface area contributed by atoms with Crippen LogP contribution in [0.1, 0.15) is 41.0 Å². The lowest BCUT2D eigenvalue weighted by molar-refractivity contribution is -0.145. The second kappa shape index (κ2) is 7.03. The molecule has 0 bridgehead atoms. The Morgan fingerprint density at radius 2 is 1.89 bits per heavy atom. The molecule has 0 N–H and O–H groups in total. The van der Waals surface area contributed by atoms with E-state index in [-0.39, 0.29) is 12.7 Å². The molecule has 1 unspecified atom stereocenters. The number of hydrogen-bond acceptors (Lipinski definition) is 5. The van der Waals surface area contributed by atoms with E-state index in [2.05, 4.69) is 6.58 Å². The van der Waals surface area contributed by atoms with Crippen LogP contribution >= 0.6 is 0 Å². The molecule has 0 rings (SSSR count). The van der Waals surface area contributed by atoms with E-state index in [1.54, 1.807) is 34.6 Å². The maximum Gasteiger partial charge on any atom is 0.508 e. The van der Waals surface area contributed by atoms with Crippen molar-refractivity contribution in [1.29, 1.82) is 0 Å². The van der Waals surface area contributed by atoms with Gasteiger partial charge in [-0.2, -0.15) is 0 Å². The van der Waals surface area contributed by atoms with E-state index >= 15 is 0 Å². The van der Waals surface area contributed by atoms with E-state index in [0.717, 1.165) is 0 Å². The molecule has 104 valence electrons. The van der Waals surface area contributed by atoms with E-state index in [1.807, 2.05) is 0 Å². The van der Waals surface area contributed by atoms with Gasteiger partial charge in [-0.25, -0.2) is 9.59 Å². The third-order valence-corrected chi connectivity index (χ3v) is 2.06. The Hall–Kier alpha value is -1.52. The second-order valence-corrected chi connectivity index (χ2v) is 4.75. The van der Waals surface area contributed by atoms with Crippen molar-refractivity contribution in [3.63, 3.8) is 0 Å². The Balaban J connectivity index is 4.26. The molecule has 0 spiro atoms. The lowest BCUT2D eigenvalue weighted by Crippen LogP contribution is -2.33. The number of rotatable bonds is 6. The van der Waals surface area contributed by atoms with Crippen molar-refractivity contribution < 1.29 is 23.8 Å². The van der Waals surface area contributed by atoms with Gasteiger partial charge in [0, 0.05) is 12.0 Å². The van der Waals surface area contributed by atoms with Crippen molar-refractivity contribution >= 4 is 12.1 Å². The molecule has 0 fully saturated rings. The van der Waals surface area contributed by atoms with Crippen LogP contribution in [-0.2, 0) is 19.0 Å². The summed E-state index contributed by atoms with van der Waals surface area (Å²) in [5.74, 6) is -0.450. The van der Waals surface area contributed by atoms with Gasteiger partial charge in [0.25, 0.3) is 0 Å². The van der Waals surface area contributed by atoms with Crippen molar-refractivity contribution in [2.24, 2.45) is 0 Å². The first-order chi connectivity index (χ1) is 8.18. The number of hydrogen-bond donors (Lipinski definition) is 0. The summed E-state index contributed by atoms with van der Waals surface area (Å²) in [4.78, 5) is 22.5. The summed E-state index contributed by atoms with van der Waals surface area (Å²) in [7, 11) is 0. The van der Waals surface area contributed by atoms with E-state index in [0.29, 0.717) is 12.0 Å². The van der Waals surface area contributed by atoms with Crippen molar-refractivity contribution in [2.75, 3.05) is 6.61 Å². The fourth-order valence-corrected chi connectivity index (χ4v) is 1.43.